The molecule has 1 amide bonds. The zero-order valence-corrected chi connectivity index (χ0v) is 14.9. The van der Waals surface area contributed by atoms with Crippen molar-refractivity contribution >= 4 is 5.91 Å². The number of hydrogen-bond acceptors (Lipinski definition) is 6. The zero-order valence-electron chi connectivity index (χ0n) is 14.9. The van der Waals surface area contributed by atoms with E-state index in [1.807, 2.05) is 37.8 Å². The molecule has 2 aromatic heterocycles. The number of rotatable bonds is 5. The third-order valence-electron chi connectivity index (χ3n) is 4.24. The van der Waals surface area contributed by atoms with Crippen LogP contribution in [-0.4, -0.2) is 45.7 Å². The third kappa shape index (κ3) is 4.42. The lowest BCUT2D eigenvalue weighted by Crippen LogP contribution is -2.42. The lowest BCUT2D eigenvalue weighted by Gasteiger charge is -2.33. The van der Waals surface area contributed by atoms with Crippen LogP contribution in [0.15, 0.2) is 22.7 Å². The maximum absolute atomic E-state index is 12.5. The summed E-state index contributed by atoms with van der Waals surface area (Å²) in [6.07, 6.45) is 2.50. The van der Waals surface area contributed by atoms with Crippen LogP contribution in [0.1, 0.15) is 55.3 Å². The predicted molar refractivity (Wildman–Crippen MR) is 91.0 cm³/mol. The van der Waals surface area contributed by atoms with Crippen molar-refractivity contribution in [2.75, 3.05) is 19.7 Å². The molecule has 25 heavy (non-hydrogen) atoms. The molecule has 2 aromatic rings. The lowest BCUT2D eigenvalue weighted by atomic mass is 10.1. The number of amides is 1. The molecule has 134 valence electrons. The number of morpholine rings is 1. The molecule has 0 aliphatic carbocycles. The van der Waals surface area contributed by atoms with E-state index in [2.05, 4.69) is 15.2 Å². The Morgan fingerprint density at radius 3 is 2.96 bits per heavy atom. The van der Waals surface area contributed by atoms with Gasteiger partial charge >= 0.3 is 0 Å². The molecule has 0 radical (unpaired) electrons. The Morgan fingerprint density at radius 1 is 1.40 bits per heavy atom. The maximum Gasteiger partial charge on any atom is 0.223 e. The van der Waals surface area contributed by atoms with Gasteiger partial charge in [-0.15, -0.1) is 10.2 Å². The van der Waals surface area contributed by atoms with Crippen LogP contribution in [0.25, 0.3) is 0 Å². The molecule has 3 rings (SSSR count). The number of nitrogens with zero attached hydrogens (tertiary/aromatic N) is 4. The van der Waals surface area contributed by atoms with Crippen LogP contribution in [0.4, 0.5) is 0 Å². The number of carbonyl (C=O) groups is 1. The van der Waals surface area contributed by atoms with E-state index in [1.165, 1.54) is 0 Å². The Kier molecular flexibility index (Phi) is 5.43. The van der Waals surface area contributed by atoms with Crippen LogP contribution in [0.2, 0.25) is 0 Å². The number of ether oxygens (including phenoxy) is 1. The molecule has 7 nitrogen and oxygen atoms in total. The molecule has 0 N–H and O–H groups in total. The van der Waals surface area contributed by atoms with Gasteiger partial charge in [-0.25, -0.2) is 0 Å². The van der Waals surface area contributed by atoms with E-state index in [-0.39, 0.29) is 17.9 Å². The van der Waals surface area contributed by atoms with Crippen LogP contribution >= 0.6 is 0 Å². The van der Waals surface area contributed by atoms with Crippen molar-refractivity contribution in [3.63, 3.8) is 0 Å². The number of aryl methyl sites for hydroxylation is 2. The summed E-state index contributed by atoms with van der Waals surface area (Å²) in [5.41, 5.74) is 2.00. The van der Waals surface area contributed by atoms with Gasteiger partial charge in [-0.05, 0) is 24.6 Å². The van der Waals surface area contributed by atoms with E-state index in [0.29, 0.717) is 44.3 Å². The first kappa shape index (κ1) is 17.5. The van der Waals surface area contributed by atoms with E-state index in [4.69, 9.17) is 9.15 Å². The fourth-order valence-corrected chi connectivity index (χ4v) is 2.82. The van der Waals surface area contributed by atoms with Gasteiger partial charge in [0.2, 0.25) is 17.7 Å². The Balaban J connectivity index is 1.56. The van der Waals surface area contributed by atoms with E-state index < -0.39 is 0 Å². The molecule has 0 aromatic carbocycles. The van der Waals surface area contributed by atoms with Crippen LogP contribution in [0, 0.1) is 6.92 Å². The molecule has 1 aliphatic heterocycles. The summed E-state index contributed by atoms with van der Waals surface area (Å²) in [4.78, 5) is 18.6. The summed E-state index contributed by atoms with van der Waals surface area (Å²) in [7, 11) is 0. The molecule has 0 bridgehead atoms. The minimum Gasteiger partial charge on any atom is -0.425 e. The van der Waals surface area contributed by atoms with Crippen molar-refractivity contribution < 1.29 is 13.9 Å². The van der Waals surface area contributed by atoms with Crippen LogP contribution in [-0.2, 0) is 16.0 Å². The van der Waals surface area contributed by atoms with Crippen LogP contribution in [0.3, 0.4) is 0 Å². The molecule has 3 heterocycles. The SMILES string of the molecule is Cc1cc(C2CN(C(=O)CCc3nnc(C(C)C)o3)CCO2)ccn1. The number of aromatic nitrogens is 3. The summed E-state index contributed by atoms with van der Waals surface area (Å²) in [6.45, 7) is 7.65. The smallest absolute Gasteiger partial charge is 0.223 e. The summed E-state index contributed by atoms with van der Waals surface area (Å²) in [5.74, 6) is 1.41. The van der Waals surface area contributed by atoms with Crippen LogP contribution in [0.5, 0.6) is 0 Å². The first-order valence-electron chi connectivity index (χ1n) is 8.67. The minimum absolute atomic E-state index is 0.0865. The molecular weight excluding hydrogens is 320 g/mol. The summed E-state index contributed by atoms with van der Waals surface area (Å²) < 4.78 is 11.4. The quantitative estimate of drug-likeness (QED) is 0.828. The minimum atomic E-state index is -0.102. The standard InChI is InChI=1S/C18H24N4O3/c1-12(2)18-21-20-16(25-18)4-5-17(23)22-8-9-24-15(11-22)14-6-7-19-13(3)10-14/h6-7,10,12,15H,4-5,8-9,11H2,1-3H3. The van der Waals surface area contributed by atoms with Gasteiger partial charge in [-0.2, -0.15) is 0 Å². The van der Waals surface area contributed by atoms with Crippen molar-refractivity contribution in [3.05, 3.63) is 41.4 Å². The Labute approximate surface area is 147 Å². The zero-order chi connectivity index (χ0) is 17.8. The van der Waals surface area contributed by atoms with Gasteiger partial charge in [-0.3, -0.25) is 9.78 Å². The molecule has 1 saturated heterocycles. The monoisotopic (exact) mass is 344 g/mol. The third-order valence-corrected chi connectivity index (χ3v) is 4.24. The molecule has 1 aliphatic rings. The first-order valence-corrected chi connectivity index (χ1v) is 8.67. The molecule has 1 atom stereocenters. The topological polar surface area (TPSA) is 81.4 Å². The number of hydrogen-bond donors (Lipinski definition) is 0. The van der Waals surface area contributed by atoms with Crippen molar-refractivity contribution in [1.29, 1.82) is 0 Å². The highest BCUT2D eigenvalue weighted by atomic mass is 16.5. The average molecular weight is 344 g/mol. The van der Waals surface area contributed by atoms with E-state index in [1.54, 1.807) is 6.20 Å². The summed E-state index contributed by atoms with van der Waals surface area (Å²) in [6, 6.07) is 3.95. The van der Waals surface area contributed by atoms with Crippen molar-refractivity contribution in [1.82, 2.24) is 20.1 Å². The van der Waals surface area contributed by atoms with Gasteiger partial charge in [0.05, 0.1) is 13.2 Å². The predicted octanol–water partition coefficient (Wildman–Crippen LogP) is 2.43. The van der Waals surface area contributed by atoms with E-state index >= 15 is 0 Å². The first-order chi connectivity index (χ1) is 12.0. The molecule has 1 unspecified atom stereocenters. The van der Waals surface area contributed by atoms with Crippen molar-refractivity contribution in [3.8, 4) is 0 Å². The molecule has 1 fully saturated rings. The fraction of sp³-hybridized carbons (Fsp3) is 0.556. The van der Waals surface area contributed by atoms with Crippen molar-refractivity contribution in [2.45, 2.75) is 45.6 Å². The van der Waals surface area contributed by atoms with Gasteiger partial charge < -0.3 is 14.1 Å². The van der Waals surface area contributed by atoms with Gasteiger partial charge in [0.1, 0.15) is 6.10 Å². The normalized spacial score (nSPS) is 17.9. The van der Waals surface area contributed by atoms with Gasteiger partial charge in [0.15, 0.2) is 0 Å². The molecule has 0 saturated carbocycles. The second-order valence-electron chi connectivity index (χ2n) is 6.62. The van der Waals surface area contributed by atoms with E-state index in [9.17, 15) is 4.79 Å². The highest BCUT2D eigenvalue weighted by Crippen LogP contribution is 2.23. The van der Waals surface area contributed by atoms with Crippen molar-refractivity contribution in [2.24, 2.45) is 0 Å². The maximum atomic E-state index is 12.5. The van der Waals surface area contributed by atoms with Gasteiger partial charge in [0, 0.05) is 37.2 Å². The second kappa shape index (κ2) is 7.74. The Morgan fingerprint density at radius 2 is 2.24 bits per heavy atom. The highest BCUT2D eigenvalue weighted by molar-refractivity contribution is 5.76. The second-order valence-corrected chi connectivity index (χ2v) is 6.62. The van der Waals surface area contributed by atoms with E-state index in [0.717, 1.165) is 11.3 Å². The highest BCUT2D eigenvalue weighted by Gasteiger charge is 2.25. The van der Waals surface area contributed by atoms with Gasteiger partial charge in [0.25, 0.3) is 0 Å². The molecular formula is C18H24N4O3. The Hall–Kier alpha value is -2.28. The summed E-state index contributed by atoms with van der Waals surface area (Å²) in [5, 5.41) is 8.01. The lowest BCUT2D eigenvalue weighted by molar-refractivity contribution is -0.139. The molecule has 7 heteroatoms. The van der Waals surface area contributed by atoms with Crippen LogP contribution < -0.4 is 0 Å². The molecule has 0 spiro atoms. The fourth-order valence-electron chi connectivity index (χ4n) is 2.82. The number of pyridine rings is 1. The Bertz CT molecular complexity index is 729. The average Bonchev–Trinajstić information content (AvgIpc) is 3.09. The largest absolute Gasteiger partial charge is 0.425 e. The van der Waals surface area contributed by atoms with Gasteiger partial charge in [-0.1, -0.05) is 13.8 Å². The summed E-state index contributed by atoms with van der Waals surface area (Å²) >= 11 is 0. The number of carbonyl (C=O) groups excluding carboxylic acids is 1.